The van der Waals surface area contributed by atoms with Crippen LogP contribution in [0.25, 0.3) is 11.1 Å². The lowest BCUT2D eigenvalue weighted by molar-refractivity contribution is 0.0444. The molecular formula is C13H8O3. The highest BCUT2D eigenvalue weighted by atomic mass is 16.6. The summed E-state index contributed by atoms with van der Waals surface area (Å²) < 4.78 is 4.54. The zero-order chi connectivity index (χ0) is 11.4. The van der Waals surface area contributed by atoms with Crippen molar-refractivity contribution in [2.75, 3.05) is 0 Å². The largest absolute Gasteiger partial charge is 0.386 e. The number of ether oxygens (including phenoxy) is 1. The minimum atomic E-state index is -0.576. The number of cyclic esters (lactones) is 2. The molecule has 1 aliphatic carbocycles. The van der Waals surface area contributed by atoms with E-state index in [1.807, 2.05) is 0 Å². The fourth-order valence-corrected chi connectivity index (χ4v) is 2.16. The Hall–Kier alpha value is -2.16. The Bertz CT molecular complexity index is 493. The maximum absolute atomic E-state index is 11.4. The Kier molecular flexibility index (Phi) is 1.53. The molecule has 0 radical (unpaired) electrons. The van der Waals surface area contributed by atoms with Crippen LogP contribution in [0.2, 0.25) is 0 Å². The highest BCUT2D eigenvalue weighted by molar-refractivity contribution is 6.16. The van der Waals surface area contributed by atoms with Gasteiger partial charge < -0.3 is 4.74 Å². The molecule has 0 saturated carbocycles. The van der Waals surface area contributed by atoms with E-state index in [-0.39, 0.29) is 0 Å². The molecule has 16 heavy (non-hydrogen) atoms. The highest BCUT2D eigenvalue weighted by Crippen LogP contribution is 2.40. The third-order valence-electron chi connectivity index (χ3n) is 2.97. The summed E-state index contributed by atoms with van der Waals surface area (Å²) in [5.41, 5.74) is 4.31. The maximum Gasteiger partial charge on any atom is 0.346 e. The van der Waals surface area contributed by atoms with E-state index in [4.69, 9.17) is 0 Å². The number of benzene rings is 1. The van der Waals surface area contributed by atoms with Gasteiger partial charge in [0.2, 0.25) is 0 Å². The van der Waals surface area contributed by atoms with Gasteiger partial charge in [0.05, 0.1) is 11.1 Å². The Labute approximate surface area is 92.0 Å². The number of esters is 2. The molecule has 0 aromatic heterocycles. The Morgan fingerprint density at radius 2 is 1.31 bits per heavy atom. The van der Waals surface area contributed by atoms with Crippen molar-refractivity contribution in [1.82, 2.24) is 0 Å². The molecule has 1 heterocycles. The van der Waals surface area contributed by atoms with Crippen LogP contribution in [-0.4, -0.2) is 11.9 Å². The van der Waals surface area contributed by atoms with Gasteiger partial charge in [-0.25, -0.2) is 9.59 Å². The van der Waals surface area contributed by atoms with Crippen molar-refractivity contribution < 1.29 is 14.3 Å². The Morgan fingerprint density at radius 1 is 0.875 bits per heavy atom. The minimum Gasteiger partial charge on any atom is -0.386 e. The van der Waals surface area contributed by atoms with Crippen molar-refractivity contribution in [3.05, 3.63) is 47.5 Å². The molecule has 1 aliphatic heterocycles. The topological polar surface area (TPSA) is 43.4 Å². The second-order valence-corrected chi connectivity index (χ2v) is 4.00. The predicted octanol–water partition coefficient (Wildman–Crippen LogP) is 2.43. The number of rotatable bonds is 0. The first-order valence-corrected chi connectivity index (χ1v) is 4.89. The van der Waals surface area contributed by atoms with E-state index in [1.165, 1.54) is 0 Å². The maximum atomic E-state index is 11.4. The van der Waals surface area contributed by atoms with E-state index in [1.54, 1.807) is 12.1 Å². The summed E-state index contributed by atoms with van der Waals surface area (Å²) in [4.78, 5) is 22.7. The first kappa shape index (κ1) is 9.09. The van der Waals surface area contributed by atoms with Crippen LogP contribution < -0.4 is 0 Å². The first-order chi connectivity index (χ1) is 7.58. The fraction of sp³-hybridized carbons (Fsp3) is 0.0769. The van der Waals surface area contributed by atoms with Gasteiger partial charge in [-0.05, 0) is 40.8 Å². The van der Waals surface area contributed by atoms with Crippen molar-refractivity contribution in [3.63, 3.8) is 0 Å². The fourth-order valence-electron chi connectivity index (χ4n) is 2.16. The molecule has 0 N–H and O–H groups in total. The van der Waals surface area contributed by atoms with Gasteiger partial charge in [0.15, 0.2) is 0 Å². The van der Waals surface area contributed by atoms with E-state index < -0.39 is 11.9 Å². The molecule has 3 nitrogen and oxygen atoms in total. The molecule has 3 rings (SSSR count). The summed E-state index contributed by atoms with van der Waals surface area (Å²) in [5, 5.41) is 0. The summed E-state index contributed by atoms with van der Waals surface area (Å²) >= 11 is 0. The van der Waals surface area contributed by atoms with Gasteiger partial charge in [0, 0.05) is 0 Å². The Morgan fingerprint density at radius 3 is 1.75 bits per heavy atom. The van der Waals surface area contributed by atoms with Crippen LogP contribution in [0, 0.1) is 0 Å². The van der Waals surface area contributed by atoms with Gasteiger partial charge in [-0.2, -0.15) is 0 Å². The van der Waals surface area contributed by atoms with Gasteiger partial charge in [0.1, 0.15) is 0 Å². The van der Waals surface area contributed by atoms with Gasteiger partial charge in [-0.3, -0.25) is 0 Å². The van der Waals surface area contributed by atoms with Crippen molar-refractivity contribution in [3.8, 4) is 0 Å². The standard InChI is InChI=1S/C13H8O3/c1-6-3-7(2)9-5-11-10(4-8(6)9)12(14)16-13(11)15/h4-5H,1-3H2. The van der Waals surface area contributed by atoms with Crippen LogP contribution in [0.4, 0.5) is 0 Å². The quantitative estimate of drug-likeness (QED) is 0.490. The monoisotopic (exact) mass is 212 g/mol. The van der Waals surface area contributed by atoms with Crippen molar-refractivity contribution >= 4 is 23.1 Å². The molecule has 0 atom stereocenters. The van der Waals surface area contributed by atoms with Crippen LogP contribution in [0.1, 0.15) is 38.3 Å². The average Bonchev–Trinajstić information content (AvgIpc) is 2.67. The van der Waals surface area contributed by atoms with Gasteiger partial charge in [-0.1, -0.05) is 13.2 Å². The molecule has 78 valence electrons. The van der Waals surface area contributed by atoms with E-state index >= 15 is 0 Å². The third-order valence-corrected chi connectivity index (χ3v) is 2.97. The Balaban J connectivity index is 2.33. The van der Waals surface area contributed by atoms with Crippen LogP contribution in [-0.2, 0) is 4.74 Å². The average molecular weight is 212 g/mol. The smallest absolute Gasteiger partial charge is 0.346 e. The number of carbonyl (C=O) groups is 2. The molecule has 0 unspecified atom stereocenters. The molecule has 1 aromatic carbocycles. The van der Waals surface area contributed by atoms with Crippen LogP contribution in [0.5, 0.6) is 0 Å². The molecule has 3 heteroatoms. The molecule has 0 saturated heterocycles. The first-order valence-electron chi connectivity index (χ1n) is 4.89. The normalized spacial score (nSPS) is 17.5. The molecule has 2 aliphatic rings. The molecule has 0 bridgehead atoms. The molecular weight excluding hydrogens is 204 g/mol. The summed E-state index contributed by atoms with van der Waals surface area (Å²) in [6.45, 7) is 7.84. The summed E-state index contributed by atoms with van der Waals surface area (Å²) in [6.07, 6.45) is 0.696. The van der Waals surface area contributed by atoms with E-state index in [0.717, 1.165) is 22.3 Å². The van der Waals surface area contributed by atoms with Gasteiger partial charge >= 0.3 is 11.9 Å². The predicted molar refractivity (Wildman–Crippen MR) is 58.9 cm³/mol. The second-order valence-electron chi connectivity index (χ2n) is 4.00. The van der Waals surface area contributed by atoms with Crippen LogP contribution >= 0.6 is 0 Å². The summed E-state index contributed by atoms with van der Waals surface area (Å²) in [7, 11) is 0. The molecule has 0 spiro atoms. The molecule has 0 fully saturated rings. The lowest BCUT2D eigenvalue weighted by Crippen LogP contribution is -1.96. The van der Waals surface area contributed by atoms with Gasteiger partial charge in [-0.15, -0.1) is 0 Å². The lowest BCUT2D eigenvalue weighted by Gasteiger charge is -2.01. The summed E-state index contributed by atoms with van der Waals surface area (Å²) in [5.74, 6) is -1.15. The molecule has 0 amide bonds. The van der Waals surface area contributed by atoms with E-state index in [0.29, 0.717) is 17.5 Å². The van der Waals surface area contributed by atoms with Crippen LogP contribution in [0.15, 0.2) is 25.3 Å². The lowest BCUT2D eigenvalue weighted by atomic mass is 9.99. The van der Waals surface area contributed by atoms with Crippen molar-refractivity contribution in [2.45, 2.75) is 6.42 Å². The number of carbonyl (C=O) groups excluding carboxylic acids is 2. The SMILES string of the molecule is C=C1CC(=C)c2cc3c(cc21)C(=O)OC3=O. The number of fused-ring (bicyclic) bond motifs is 2. The van der Waals surface area contributed by atoms with E-state index in [2.05, 4.69) is 17.9 Å². The van der Waals surface area contributed by atoms with Crippen molar-refractivity contribution in [1.29, 1.82) is 0 Å². The zero-order valence-electron chi connectivity index (χ0n) is 8.50. The number of hydrogen-bond donors (Lipinski definition) is 0. The second kappa shape index (κ2) is 2.70. The minimum absolute atomic E-state index is 0.333. The summed E-state index contributed by atoms with van der Waals surface area (Å²) in [6, 6.07) is 3.36. The number of hydrogen-bond acceptors (Lipinski definition) is 3. The number of allylic oxidation sites excluding steroid dienone is 2. The highest BCUT2D eigenvalue weighted by Gasteiger charge is 2.33. The van der Waals surface area contributed by atoms with Gasteiger partial charge in [0.25, 0.3) is 0 Å². The zero-order valence-corrected chi connectivity index (χ0v) is 8.50. The van der Waals surface area contributed by atoms with E-state index in [9.17, 15) is 9.59 Å². The van der Waals surface area contributed by atoms with Crippen LogP contribution in [0.3, 0.4) is 0 Å². The third kappa shape index (κ3) is 0.972. The van der Waals surface area contributed by atoms with Crippen molar-refractivity contribution in [2.24, 2.45) is 0 Å². The molecule has 1 aromatic rings.